The van der Waals surface area contributed by atoms with E-state index in [1.54, 1.807) is 14.2 Å². The molecule has 0 atom stereocenters. The van der Waals surface area contributed by atoms with Gasteiger partial charge >= 0.3 is 0 Å². The van der Waals surface area contributed by atoms with E-state index in [9.17, 15) is 0 Å². The molecule has 1 heterocycles. The second-order valence-corrected chi connectivity index (χ2v) is 4.51. The largest absolute Gasteiger partial charge is 0.493 e. The Balaban J connectivity index is 2.07. The van der Waals surface area contributed by atoms with Gasteiger partial charge in [-0.05, 0) is 24.2 Å². The van der Waals surface area contributed by atoms with Crippen LogP contribution in [-0.2, 0) is 13.1 Å². The predicted octanol–water partition coefficient (Wildman–Crippen LogP) is 2.06. The summed E-state index contributed by atoms with van der Waals surface area (Å²) in [6, 6.07) is 5.94. The van der Waals surface area contributed by atoms with Crippen molar-refractivity contribution in [3.05, 3.63) is 42.0 Å². The van der Waals surface area contributed by atoms with Gasteiger partial charge in [0, 0.05) is 19.3 Å². The molecule has 0 radical (unpaired) electrons. The van der Waals surface area contributed by atoms with Crippen LogP contribution >= 0.6 is 0 Å². The van der Waals surface area contributed by atoms with Gasteiger partial charge in [0.15, 0.2) is 11.5 Å². The lowest BCUT2D eigenvalue weighted by atomic mass is 10.2. The van der Waals surface area contributed by atoms with Crippen molar-refractivity contribution in [2.24, 2.45) is 0 Å². The number of benzene rings is 1. The maximum Gasteiger partial charge on any atom is 0.161 e. The van der Waals surface area contributed by atoms with Crippen LogP contribution < -0.4 is 14.8 Å². The molecule has 1 N–H and O–H groups in total. The van der Waals surface area contributed by atoms with E-state index in [0.29, 0.717) is 0 Å². The first kappa shape index (κ1) is 14.4. The number of aromatic nitrogens is 2. The summed E-state index contributed by atoms with van der Waals surface area (Å²) in [5.74, 6) is 1.49. The van der Waals surface area contributed by atoms with E-state index < -0.39 is 0 Å². The minimum absolute atomic E-state index is 0.745. The van der Waals surface area contributed by atoms with E-state index in [4.69, 9.17) is 9.47 Å². The third-order valence-electron chi connectivity index (χ3n) is 3.06. The van der Waals surface area contributed by atoms with Crippen LogP contribution in [0.25, 0.3) is 0 Å². The van der Waals surface area contributed by atoms with E-state index in [0.717, 1.165) is 42.4 Å². The fourth-order valence-electron chi connectivity index (χ4n) is 2.03. The predicted molar refractivity (Wildman–Crippen MR) is 78.3 cm³/mol. The van der Waals surface area contributed by atoms with E-state index >= 15 is 0 Å². The van der Waals surface area contributed by atoms with Crippen LogP contribution in [0.4, 0.5) is 0 Å². The van der Waals surface area contributed by atoms with Crippen molar-refractivity contribution in [2.75, 3.05) is 20.8 Å². The minimum atomic E-state index is 0.745. The normalized spacial score (nSPS) is 10.6. The van der Waals surface area contributed by atoms with Gasteiger partial charge in [0.2, 0.25) is 0 Å². The lowest BCUT2D eigenvalue weighted by Gasteiger charge is -2.09. The molecule has 5 heteroatoms. The van der Waals surface area contributed by atoms with E-state index in [1.807, 2.05) is 24.5 Å². The van der Waals surface area contributed by atoms with Crippen LogP contribution in [0.5, 0.6) is 11.5 Å². The second-order valence-electron chi connectivity index (χ2n) is 4.51. The van der Waals surface area contributed by atoms with Crippen molar-refractivity contribution < 1.29 is 9.47 Å². The SMILES string of the molecule is CCNCc1cn(Cc2ccc(OC)c(OC)c2)cn1. The smallest absolute Gasteiger partial charge is 0.161 e. The van der Waals surface area contributed by atoms with Crippen molar-refractivity contribution in [1.29, 1.82) is 0 Å². The Morgan fingerprint density at radius 3 is 2.70 bits per heavy atom. The van der Waals surface area contributed by atoms with E-state index in [2.05, 4.69) is 28.0 Å². The van der Waals surface area contributed by atoms with Crippen molar-refractivity contribution in [2.45, 2.75) is 20.0 Å². The average Bonchev–Trinajstić information content (AvgIpc) is 2.92. The summed E-state index contributed by atoms with van der Waals surface area (Å²) < 4.78 is 12.6. The summed E-state index contributed by atoms with van der Waals surface area (Å²) in [7, 11) is 3.29. The minimum Gasteiger partial charge on any atom is -0.493 e. The summed E-state index contributed by atoms with van der Waals surface area (Å²) in [6.45, 7) is 4.60. The van der Waals surface area contributed by atoms with Gasteiger partial charge in [0.1, 0.15) is 0 Å². The quantitative estimate of drug-likeness (QED) is 0.840. The molecule has 0 saturated carbocycles. The van der Waals surface area contributed by atoms with Crippen LogP contribution in [0.2, 0.25) is 0 Å². The second kappa shape index (κ2) is 6.96. The van der Waals surface area contributed by atoms with Gasteiger partial charge in [-0.2, -0.15) is 0 Å². The molecule has 2 rings (SSSR count). The molecule has 20 heavy (non-hydrogen) atoms. The average molecular weight is 275 g/mol. The number of nitrogens with one attached hydrogen (secondary N) is 1. The molecule has 2 aromatic rings. The van der Waals surface area contributed by atoms with Gasteiger partial charge < -0.3 is 19.4 Å². The molecule has 0 unspecified atom stereocenters. The summed E-state index contributed by atoms with van der Waals surface area (Å²) >= 11 is 0. The molecule has 0 aliphatic heterocycles. The number of rotatable bonds is 7. The first-order valence-corrected chi connectivity index (χ1v) is 6.69. The molecule has 108 valence electrons. The zero-order valence-corrected chi connectivity index (χ0v) is 12.2. The molecular formula is C15H21N3O2. The lowest BCUT2D eigenvalue weighted by molar-refractivity contribution is 0.354. The highest BCUT2D eigenvalue weighted by molar-refractivity contribution is 5.42. The first-order valence-electron chi connectivity index (χ1n) is 6.69. The summed E-state index contributed by atoms with van der Waals surface area (Å²) in [4.78, 5) is 4.37. The number of hydrogen-bond donors (Lipinski definition) is 1. The highest BCUT2D eigenvalue weighted by atomic mass is 16.5. The van der Waals surface area contributed by atoms with Crippen molar-refractivity contribution >= 4 is 0 Å². The Morgan fingerprint density at radius 2 is 2.00 bits per heavy atom. The van der Waals surface area contributed by atoms with Crippen LogP contribution in [0, 0.1) is 0 Å². The van der Waals surface area contributed by atoms with Gasteiger partial charge in [0.05, 0.1) is 26.2 Å². The lowest BCUT2D eigenvalue weighted by Crippen LogP contribution is -2.11. The van der Waals surface area contributed by atoms with Crippen LogP contribution in [-0.4, -0.2) is 30.3 Å². The maximum atomic E-state index is 5.31. The monoisotopic (exact) mass is 275 g/mol. The Labute approximate surface area is 119 Å². The number of methoxy groups -OCH3 is 2. The molecule has 0 fully saturated rings. The zero-order chi connectivity index (χ0) is 14.4. The maximum absolute atomic E-state index is 5.31. The Kier molecular flexibility index (Phi) is 5.01. The third-order valence-corrected chi connectivity index (χ3v) is 3.06. The van der Waals surface area contributed by atoms with Crippen molar-refractivity contribution in [1.82, 2.24) is 14.9 Å². The Hall–Kier alpha value is -2.01. The van der Waals surface area contributed by atoms with E-state index in [1.165, 1.54) is 0 Å². The Bertz CT molecular complexity index is 552. The molecular weight excluding hydrogens is 254 g/mol. The topological polar surface area (TPSA) is 48.3 Å². The summed E-state index contributed by atoms with van der Waals surface area (Å²) in [6.07, 6.45) is 3.91. The number of ether oxygens (including phenoxy) is 2. The first-order chi connectivity index (χ1) is 9.76. The molecule has 0 aliphatic carbocycles. The fourth-order valence-corrected chi connectivity index (χ4v) is 2.03. The van der Waals surface area contributed by atoms with Crippen molar-refractivity contribution in [3.8, 4) is 11.5 Å². The molecule has 0 amide bonds. The van der Waals surface area contributed by atoms with Gasteiger partial charge in [-0.15, -0.1) is 0 Å². The highest BCUT2D eigenvalue weighted by Crippen LogP contribution is 2.27. The van der Waals surface area contributed by atoms with Gasteiger partial charge in [-0.25, -0.2) is 4.98 Å². The molecule has 1 aromatic carbocycles. The third kappa shape index (κ3) is 3.51. The number of nitrogens with zero attached hydrogens (tertiary/aromatic N) is 2. The van der Waals surface area contributed by atoms with Gasteiger partial charge in [-0.1, -0.05) is 13.0 Å². The molecule has 0 saturated heterocycles. The van der Waals surface area contributed by atoms with Gasteiger partial charge in [0.25, 0.3) is 0 Å². The molecule has 0 bridgehead atoms. The molecule has 5 nitrogen and oxygen atoms in total. The molecule has 1 aromatic heterocycles. The number of hydrogen-bond acceptors (Lipinski definition) is 4. The molecule has 0 spiro atoms. The van der Waals surface area contributed by atoms with Crippen LogP contribution in [0.15, 0.2) is 30.7 Å². The standard InChI is InChI=1S/C15H21N3O2/c1-4-16-8-13-10-18(11-17-13)9-12-5-6-14(19-2)15(7-12)20-3/h5-7,10-11,16H,4,8-9H2,1-3H3. The van der Waals surface area contributed by atoms with E-state index in [-0.39, 0.29) is 0 Å². The van der Waals surface area contributed by atoms with Crippen molar-refractivity contribution in [3.63, 3.8) is 0 Å². The summed E-state index contributed by atoms with van der Waals surface area (Å²) in [5.41, 5.74) is 2.20. The fraction of sp³-hybridized carbons (Fsp3) is 0.400. The Morgan fingerprint density at radius 1 is 1.20 bits per heavy atom. The zero-order valence-electron chi connectivity index (χ0n) is 12.2. The summed E-state index contributed by atoms with van der Waals surface area (Å²) in [5, 5.41) is 3.26. The van der Waals surface area contributed by atoms with Crippen LogP contribution in [0.1, 0.15) is 18.2 Å². The molecule has 0 aliphatic rings. The van der Waals surface area contributed by atoms with Gasteiger partial charge in [-0.3, -0.25) is 0 Å². The highest BCUT2D eigenvalue weighted by Gasteiger charge is 2.05. The van der Waals surface area contributed by atoms with Crippen LogP contribution in [0.3, 0.4) is 0 Å². The number of imidazole rings is 1.